The van der Waals surface area contributed by atoms with Gasteiger partial charge < -0.3 is 15.4 Å². The van der Waals surface area contributed by atoms with E-state index in [1.54, 1.807) is 31.6 Å². The van der Waals surface area contributed by atoms with Crippen LogP contribution in [0.15, 0.2) is 58.7 Å². The zero-order valence-corrected chi connectivity index (χ0v) is 18.5. The van der Waals surface area contributed by atoms with E-state index in [0.29, 0.717) is 30.6 Å². The van der Waals surface area contributed by atoms with Crippen molar-refractivity contribution in [1.29, 1.82) is 0 Å². The Labute approximate surface area is 177 Å². The number of halogens is 1. The number of nitrogens with one attached hydrogen (secondary N) is 2. The Morgan fingerprint density at radius 1 is 1.15 bits per heavy atom. The fourth-order valence-corrected chi connectivity index (χ4v) is 2.85. The average molecular weight is 504 g/mol. The predicted octanol–water partition coefficient (Wildman–Crippen LogP) is 1.89. The van der Waals surface area contributed by atoms with Crippen molar-refractivity contribution in [3.8, 4) is 5.75 Å². The van der Waals surface area contributed by atoms with Gasteiger partial charge in [0.25, 0.3) is 0 Å². The van der Waals surface area contributed by atoms with Gasteiger partial charge in [-0.2, -0.15) is 0 Å². The van der Waals surface area contributed by atoms with E-state index in [4.69, 9.17) is 4.74 Å². The minimum absolute atomic E-state index is 0. The number of benzene rings is 1. The summed E-state index contributed by atoms with van der Waals surface area (Å²) in [6.45, 7) is 1.79. The molecule has 0 saturated heterocycles. The van der Waals surface area contributed by atoms with Gasteiger partial charge in [0.05, 0.1) is 17.6 Å². The van der Waals surface area contributed by atoms with Crippen molar-refractivity contribution in [2.24, 2.45) is 4.99 Å². The summed E-state index contributed by atoms with van der Waals surface area (Å²) in [5.41, 5.74) is 1.06. The highest BCUT2D eigenvalue weighted by molar-refractivity contribution is 14.0. The Morgan fingerprint density at radius 2 is 1.85 bits per heavy atom. The molecule has 1 heterocycles. The molecule has 148 valence electrons. The first kappa shape index (κ1) is 23.2. The van der Waals surface area contributed by atoms with Crippen LogP contribution in [-0.2, 0) is 16.3 Å². The lowest BCUT2D eigenvalue weighted by atomic mass is 10.1. The monoisotopic (exact) mass is 504 g/mol. The molecule has 0 amide bonds. The number of sulfone groups is 1. The van der Waals surface area contributed by atoms with E-state index in [1.807, 2.05) is 24.3 Å². The third-order valence-electron chi connectivity index (χ3n) is 3.58. The number of nitrogens with zero attached hydrogens (tertiary/aromatic N) is 2. The minimum Gasteiger partial charge on any atom is -0.490 e. The smallest absolute Gasteiger partial charge is 0.191 e. The van der Waals surface area contributed by atoms with Crippen molar-refractivity contribution in [3.05, 3.63) is 54.4 Å². The molecule has 0 atom stereocenters. The van der Waals surface area contributed by atoms with Crippen LogP contribution in [0.5, 0.6) is 5.75 Å². The summed E-state index contributed by atoms with van der Waals surface area (Å²) in [6, 6.07) is 10.6. The second-order valence-electron chi connectivity index (χ2n) is 5.63. The normalized spacial score (nSPS) is 11.4. The van der Waals surface area contributed by atoms with Crippen LogP contribution in [0.2, 0.25) is 0 Å². The molecule has 0 bridgehead atoms. The largest absolute Gasteiger partial charge is 0.490 e. The molecule has 0 aliphatic rings. The fourth-order valence-electron chi connectivity index (χ4n) is 2.22. The summed E-state index contributed by atoms with van der Waals surface area (Å²) in [5.74, 6) is 1.42. The maximum absolute atomic E-state index is 11.5. The highest BCUT2D eigenvalue weighted by atomic mass is 127. The van der Waals surface area contributed by atoms with Gasteiger partial charge in [-0.05, 0) is 36.2 Å². The van der Waals surface area contributed by atoms with E-state index < -0.39 is 9.84 Å². The molecular weight excluding hydrogens is 479 g/mol. The Bertz CT molecular complexity index is 812. The Kier molecular flexibility index (Phi) is 10.1. The second kappa shape index (κ2) is 11.8. The van der Waals surface area contributed by atoms with Crippen molar-refractivity contribution in [1.82, 2.24) is 15.6 Å². The van der Waals surface area contributed by atoms with Crippen LogP contribution < -0.4 is 15.4 Å². The Hall–Kier alpha value is -1.88. The molecule has 0 aliphatic heterocycles. The zero-order valence-electron chi connectivity index (χ0n) is 15.4. The number of pyridine rings is 1. The SMILES string of the molecule is CN=C(NCCOc1cccnc1)NCCc1ccc(S(C)(=O)=O)cc1.I. The van der Waals surface area contributed by atoms with Gasteiger partial charge in [-0.25, -0.2) is 8.42 Å². The zero-order chi connectivity index (χ0) is 18.8. The van der Waals surface area contributed by atoms with Gasteiger partial charge in [0.2, 0.25) is 0 Å². The molecule has 2 aromatic rings. The summed E-state index contributed by atoms with van der Waals surface area (Å²) in [5, 5.41) is 6.38. The Balaban J connectivity index is 0.00000364. The molecule has 0 saturated carbocycles. The standard InChI is InChI=1S/C18H24N4O3S.HI/c1-19-18(22-12-13-25-16-4-3-10-20-14-16)21-11-9-15-5-7-17(8-6-15)26(2,23)24;/h3-8,10,14H,9,11-13H2,1-2H3,(H2,19,21,22);1H. The van der Waals surface area contributed by atoms with Crippen LogP contribution in [0.25, 0.3) is 0 Å². The Morgan fingerprint density at radius 3 is 2.44 bits per heavy atom. The average Bonchev–Trinajstić information content (AvgIpc) is 2.64. The first-order valence-corrected chi connectivity index (χ1v) is 10.1. The van der Waals surface area contributed by atoms with E-state index in [0.717, 1.165) is 17.7 Å². The van der Waals surface area contributed by atoms with Crippen LogP contribution in [0.4, 0.5) is 0 Å². The first-order valence-electron chi connectivity index (χ1n) is 8.25. The van der Waals surface area contributed by atoms with Crippen molar-refractivity contribution < 1.29 is 13.2 Å². The van der Waals surface area contributed by atoms with Crippen molar-refractivity contribution in [3.63, 3.8) is 0 Å². The predicted molar refractivity (Wildman–Crippen MR) is 118 cm³/mol. The second-order valence-corrected chi connectivity index (χ2v) is 7.64. The number of aromatic nitrogens is 1. The molecule has 2 N–H and O–H groups in total. The van der Waals surface area contributed by atoms with Gasteiger partial charge in [-0.15, -0.1) is 24.0 Å². The molecule has 0 fully saturated rings. The molecule has 1 aromatic heterocycles. The lowest BCUT2D eigenvalue weighted by Crippen LogP contribution is -2.40. The van der Waals surface area contributed by atoms with Gasteiger partial charge in [0.1, 0.15) is 12.4 Å². The maximum atomic E-state index is 11.5. The number of hydrogen-bond acceptors (Lipinski definition) is 5. The summed E-state index contributed by atoms with van der Waals surface area (Å²) in [6.07, 6.45) is 5.34. The lowest BCUT2D eigenvalue weighted by Gasteiger charge is -2.12. The van der Waals surface area contributed by atoms with Crippen LogP contribution >= 0.6 is 24.0 Å². The van der Waals surface area contributed by atoms with Crippen molar-refractivity contribution in [2.45, 2.75) is 11.3 Å². The number of aliphatic imine (C=N–C) groups is 1. The van der Waals surface area contributed by atoms with Gasteiger partial charge >= 0.3 is 0 Å². The number of rotatable bonds is 8. The van der Waals surface area contributed by atoms with Crippen LogP contribution in [0, 0.1) is 0 Å². The minimum atomic E-state index is -3.15. The van der Waals surface area contributed by atoms with Gasteiger partial charge in [0, 0.05) is 26.0 Å². The van der Waals surface area contributed by atoms with Crippen LogP contribution in [0.3, 0.4) is 0 Å². The topological polar surface area (TPSA) is 92.7 Å². The summed E-state index contributed by atoms with van der Waals surface area (Å²) in [7, 11) is -1.44. The molecule has 9 heteroatoms. The van der Waals surface area contributed by atoms with Gasteiger partial charge in [-0.1, -0.05) is 12.1 Å². The molecule has 0 radical (unpaired) electrons. The van der Waals surface area contributed by atoms with E-state index >= 15 is 0 Å². The molecule has 0 unspecified atom stereocenters. The molecule has 2 rings (SSSR count). The molecule has 27 heavy (non-hydrogen) atoms. The number of guanidine groups is 1. The van der Waals surface area contributed by atoms with Gasteiger partial charge in [-0.3, -0.25) is 9.98 Å². The quantitative estimate of drug-likeness (QED) is 0.247. The molecule has 7 nitrogen and oxygen atoms in total. The van der Waals surface area contributed by atoms with Crippen molar-refractivity contribution >= 4 is 39.8 Å². The van der Waals surface area contributed by atoms with E-state index in [-0.39, 0.29) is 24.0 Å². The van der Waals surface area contributed by atoms with Crippen LogP contribution in [0.1, 0.15) is 5.56 Å². The van der Waals surface area contributed by atoms with E-state index in [1.165, 1.54) is 6.26 Å². The summed E-state index contributed by atoms with van der Waals surface area (Å²) >= 11 is 0. The maximum Gasteiger partial charge on any atom is 0.191 e. The third kappa shape index (κ3) is 8.57. The molecule has 0 spiro atoms. The number of hydrogen-bond donors (Lipinski definition) is 2. The lowest BCUT2D eigenvalue weighted by molar-refractivity contribution is 0.320. The highest BCUT2D eigenvalue weighted by Crippen LogP contribution is 2.10. The van der Waals surface area contributed by atoms with E-state index in [2.05, 4.69) is 20.6 Å². The molecule has 1 aromatic carbocycles. The highest BCUT2D eigenvalue weighted by Gasteiger charge is 2.06. The molecule has 0 aliphatic carbocycles. The number of ether oxygens (including phenoxy) is 1. The first-order chi connectivity index (χ1) is 12.5. The van der Waals surface area contributed by atoms with E-state index in [9.17, 15) is 8.42 Å². The van der Waals surface area contributed by atoms with Crippen molar-refractivity contribution in [2.75, 3.05) is 33.0 Å². The van der Waals surface area contributed by atoms with Gasteiger partial charge in [0.15, 0.2) is 15.8 Å². The third-order valence-corrected chi connectivity index (χ3v) is 4.71. The van der Waals surface area contributed by atoms with Crippen LogP contribution in [-0.4, -0.2) is 52.4 Å². The summed E-state index contributed by atoms with van der Waals surface area (Å²) in [4.78, 5) is 8.48. The molecular formula is C18H25IN4O3S. The fraction of sp³-hybridized carbons (Fsp3) is 0.333. The summed E-state index contributed by atoms with van der Waals surface area (Å²) < 4.78 is 28.5.